The van der Waals surface area contributed by atoms with Gasteiger partial charge in [0.1, 0.15) is 11.9 Å². The molecule has 2 aromatic heterocycles. The molecule has 4 aromatic rings. The molecule has 2 aliphatic rings. The summed E-state index contributed by atoms with van der Waals surface area (Å²) < 4.78 is 13.9. The third kappa shape index (κ3) is 5.41. The number of aryl methyl sites for hydroxylation is 2. The maximum atomic E-state index is 12.4. The number of hydrogen-bond donors (Lipinski definition) is 2. The second-order valence-electron chi connectivity index (χ2n) is 10.9. The first kappa shape index (κ1) is 25.2. The van der Waals surface area contributed by atoms with Crippen LogP contribution in [0.2, 0.25) is 0 Å². The van der Waals surface area contributed by atoms with Crippen molar-refractivity contribution < 1.29 is 14.3 Å². The van der Waals surface area contributed by atoms with Crippen molar-refractivity contribution in [3.63, 3.8) is 0 Å². The molecule has 1 amide bonds. The van der Waals surface area contributed by atoms with E-state index in [1.54, 1.807) is 12.4 Å². The summed E-state index contributed by atoms with van der Waals surface area (Å²) >= 11 is 0. The summed E-state index contributed by atoms with van der Waals surface area (Å²) in [4.78, 5) is 21.1. The molecule has 0 spiro atoms. The lowest BCUT2D eigenvalue weighted by atomic mass is 10.0. The van der Waals surface area contributed by atoms with Crippen molar-refractivity contribution in [1.82, 2.24) is 14.5 Å². The summed E-state index contributed by atoms with van der Waals surface area (Å²) in [5.74, 6) is 1.80. The minimum atomic E-state index is -0.412. The summed E-state index contributed by atoms with van der Waals surface area (Å²) in [6.45, 7) is 6.96. The highest BCUT2D eigenvalue weighted by Gasteiger charge is 2.31. The van der Waals surface area contributed by atoms with Crippen molar-refractivity contribution >= 4 is 28.4 Å². The number of nitrogens with two attached hydrogens (primary N) is 1. The molecule has 2 saturated carbocycles. The number of benzene rings is 2. The lowest BCUT2D eigenvalue weighted by molar-refractivity contribution is 0.108. The molecule has 0 radical (unpaired) electrons. The highest BCUT2D eigenvalue weighted by molar-refractivity contribution is 6.02. The van der Waals surface area contributed by atoms with Crippen LogP contribution in [0.3, 0.4) is 0 Å². The van der Waals surface area contributed by atoms with Crippen LogP contribution >= 0.6 is 0 Å². The fourth-order valence-electron chi connectivity index (χ4n) is 5.13. The third-order valence-electron chi connectivity index (χ3n) is 7.82. The molecule has 0 aliphatic heterocycles. The second kappa shape index (κ2) is 10.2. The van der Waals surface area contributed by atoms with Gasteiger partial charge in [-0.3, -0.25) is 5.32 Å². The number of rotatable bonds is 9. The van der Waals surface area contributed by atoms with Gasteiger partial charge in [0, 0.05) is 41.6 Å². The Morgan fingerprint density at radius 2 is 1.90 bits per heavy atom. The van der Waals surface area contributed by atoms with Crippen LogP contribution in [0.4, 0.5) is 16.2 Å². The summed E-state index contributed by atoms with van der Waals surface area (Å²) in [6, 6.07) is 12.2. The van der Waals surface area contributed by atoms with E-state index in [-0.39, 0.29) is 6.10 Å². The number of nitrogens with zero attached hydrogens (tertiary/aromatic N) is 3. The molecule has 1 atom stereocenters. The number of nitrogen functional groups attached to an aromatic ring is 1. The van der Waals surface area contributed by atoms with Crippen LogP contribution in [0.15, 0.2) is 48.8 Å². The van der Waals surface area contributed by atoms with Crippen LogP contribution in [-0.2, 0) is 17.7 Å². The predicted molar refractivity (Wildman–Crippen MR) is 153 cm³/mol. The topological polar surface area (TPSA) is 104 Å². The van der Waals surface area contributed by atoms with Crippen LogP contribution in [0.5, 0.6) is 11.8 Å². The largest absolute Gasteiger partial charge is 0.446 e. The van der Waals surface area contributed by atoms with E-state index in [2.05, 4.69) is 26.8 Å². The molecule has 0 unspecified atom stereocenters. The number of carbonyl (C=O) groups is 1. The average molecular weight is 526 g/mol. The molecule has 8 nitrogen and oxygen atoms in total. The van der Waals surface area contributed by atoms with Crippen molar-refractivity contribution in [3.8, 4) is 23.0 Å². The third-order valence-corrected chi connectivity index (χ3v) is 7.82. The SMILES string of the molecule is CCc1cnc(Oc2ccc3c(N)c(-c4ccc(NC(=O)O[C@H](C)C5CC5)cc4C)n(CC4CC4)c3c2)nc1. The molecule has 202 valence electrons. The van der Waals surface area contributed by atoms with Crippen molar-refractivity contribution in [3.05, 3.63) is 59.9 Å². The van der Waals surface area contributed by atoms with Crippen molar-refractivity contribution in [2.24, 2.45) is 11.8 Å². The number of anilines is 2. The molecular weight excluding hydrogens is 490 g/mol. The second-order valence-corrected chi connectivity index (χ2v) is 10.9. The number of carbonyl (C=O) groups excluding carboxylic acids is 1. The quantitative estimate of drug-likeness (QED) is 0.241. The monoisotopic (exact) mass is 525 g/mol. The van der Waals surface area contributed by atoms with Gasteiger partial charge in [-0.2, -0.15) is 0 Å². The fourth-order valence-corrected chi connectivity index (χ4v) is 5.13. The Hall–Kier alpha value is -4.07. The van der Waals surface area contributed by atoms with E-state index in [1.165, 1.54) is 12.8 Å². The molecular formula is C31H35N5O3. The number of amides is 1. The van der Waals surface area contributed by atoms with E-state index in [0.717, 1.165) is 64.8 Å². The van der Waals surface area contributed by atoms with Crippen molar-refractivity contribution in [2.45, 2.75) is 65.5 Å². The Balaban J connectivity index is 1.31. The van der Waals surface area contributed by atoms with Gasteiger partial charge in [-0.25, -0.2) is 14.8 Å². The molecule has 0 saturated heterocycles. The van der Waals surface area contributed by atoms with E-state index in [0.29, 0.717) is 29.3 Å². The number of ether oxygens (including phenoxy) is 2. The average Bonchev–Trinajstić information content (AvgIpc) is 3.84. The Morgan fingerprint density at radius 3 is 2.56 bits per heavy atom. The highest BCUT2D eigenvalue weighted by atomic mass is 16.6. The van der Waals surface area contributed by atoms with Gasteiger partial charge in [0.05, 0.1) is 16.9 Å². The molecule has 0 bridgehead atoms. The summed E-state index contributed by atoms with van der Waals surface area (Å²) in [7, 11) is 0. The van der Waals surface area contributed by atoms with Crippen molar-refractivity contribution in [2.75, 3.05) is 11.1 Å². The lowest BCUT2D eigenvalue weighted by Gasteiger charge is -2.16. The normalized spacial score (nSPS) is 15.8. The summed E-state index contributed by atoms with van der Waals surface area (Å²) in [5, 5.41) is 3.87. The zero-order valence-corrected chi connectivity index (χ0v) is 22.7. The van der Waals surface area contributed by atoms with Crippen LogP contribution in [0.1, 0.15) is 50.7 Å². The molecule has 2 aromatic carbocycles. The van der Waals surface area contributed by atoms with Crippen LogP contribution in [0.25, 0.3) is 22.2 Å². The minimum absolute atomic E-state index is 0.0561. The van der Waals surface area contributed by atoms with Crippen molar-refractivity contribution in [1.29, 1.82) is 0 Å². The molecule has 39 heavy (non-hydrogen) atoms. The Kier molecular flexibility index (Phi) is 6.62. The van der Waals surface area contributed by atoms with Gasteiger partial charge in [-0.1, -0.05) is 13.0 Å². The van der Waals surface area contributed by atoms with Gasteiger partial charge < -0.3 is 19.8 Å². The highest BCUT2D eigenvalue weighted by Crippen LogP contribution is 2.42. The molecule has 2 fully saturated rings. The first-order valence-electron chi connectivity index (χ1n) is 13.9. The Bertz CT molecular complexity index is 1520. The maximum absolute atomic E-state index is 12.4. The Labute approximate surface area is 228 Å². The lowest BCUT2D eigenvalue weighted by Crippen LogP contribution is -2.21. The maximum Gasteiger partial charge on any atom is 0.411 e. The molecule has 6 rings (SSSR count). The van der Waals surface area contributed by atoms with Gasteiger partial charge in [-0.15, -0.1) is 0 Å². The number of nitrogens with one attached hydrogen (secondary N) is 1. The van der Waals surface area contributed by atoms with E-state index in [1.807, 2.05) is 50.2 Å². The summed E-state index contributed by atoms with van der Waals surface area (Å²) in [5.41, 5.74) is 13.4. The zero-order chi connectivity index (χ0) is 27.1. The van der Waals surface area contributed by atoms with Crippen LogP contribution in [-0.4, -0.2) is 26.7 Å². The summed E-state index contributed by atoms with van der Waals surface area (Å²) in [6.07, 6.45) is 8.69. The van der Waals surface area contributed by atoms with Gasteiger partial charge in [0.2, 0.25) is 0 Å². The van der Waals surface area contributed by atoms with E-state index in [4.69, 9.17) is 15.2 Å². The first-order valence-corrected chi connectivity index (χ1v) is 13.9. The van der Waals surface area contributed by atoms with Gasteiger partial charge in [0.25, 0.3) is 0 Å². The molecule has 8 heteroatoms. The number of aromatic nitrogens is 3. The predicted octanol–water partition coefficient (Wildman–Crippen LogP) is 7.10. The zero-order valence-electron chi connectivity index (χ0n) is 22.7. The standard InChI is InChI=1S/C31H35N5O3/c1-4-20-15-33-30(34-16-20)39-24-10-12-26-27(14-24)36(17-21-5-6-21)29(28(26)32)25-11-9-23(13-18(25)2)35-31(37)38-19(3)22-7-8-22/h9-16,19,21-22H,4-8,17,32H2,1-3H3,(H,35,37)/t19-/m1/s1. The van der Waals surface area contributed by atoms with E-state index >= 15 is 0 Å². The Morgan fingerprint density at radius 1 is 1.13 bits per heavy atom. The number of hydrogen-bond acceptors (Lipinski definition) is 6. The van der Waals surface area contributed by atoms with Crippen LogP contribution < -0.4 is 15.8 Å². The van der Waals surface area contributed by atoms with Gasteiger partial charge in [-0.05, 0) is 93.2 Å². The molecule has 2 heterocycles. The molecule has 3 N–H and O–H groups in total. The first-order chi connectivity index (χ1) is 18.9. The van der Waals surface area contributed by atoms with E-state index < -0.39 is 6.09 Å². The fraction of sp³-hybridized carbons (Fsp3) is 0.387. The van der Waals surface area contributed by atoms with Crippen LogP contribution in [0, 0.1) is 18.8 Å². The van der Waals surface area contributed by atoms with E-state index in [9.17, 15) is 4.79 Å². The van der Waals surface area contributed by atoms with Gasteiger partial charge in [0.15, 0.2) is 0 Å². The molecule has 2 aliphatic carbocycles. The number of fused-ring (bicyclic) bond motifs is 1. The van der Waals surface area contributed by atoms with Gasteiger partial charge >= 0.3 is 12.1 Å². The minimum Gasteiger partial charge on any atom is -0.446 e. The smallest absolute Gasteiger partial charge is 0.411 e.